The van der Waals surface area contributed by atoms with E-state index in [0.29, 0.717) is 0 Å². The van der Waals surface area contributed by atoms with E-state index in [0.717, 1.165) is 0 Å². The molecule has 0 aliphatic rings. The summed E-state index contributed by atoms with van der Waals surface area (Å²) in [4.78, 5) is 0. The molecule has 0 fully saturated rings. The van der Waals surface area contributed by atoms with E-state index in [-0.39, 0.29) is 29.6 Å². The third-order valence-corrected chi connectivity index (χ3v) is 3.89. The van der Waals surface area contributed by atoms with Crippen LogP contribution in [0.25, 0.3) is 0 Å². The van der Waals surface area contributed by atoms with E-state index in [9.17, 15) is 87.6 Å². The van der Waals surface area contributed by atoms with Crippen molar-refractivity contribution in [3.05, 3.63) is 0 Å². The molecule has 3 nitrogen and oxygen atoms in total. The van der Waals surface area contributed by atoms with Crippen LogP contribution in [0.4, 0.5) is 74.6 Å². The van der Waals surface area contributed by atoms with Gasteiger partial charge in [0, 0.05) is 0 Å². The fraction of sp³-hybridized carbons (Fsp3) is 1.00. The molecule has 0 saturated carbocycles. The Morgan fingerprint density at radius 1 is 0.433 bits per heavy atom. The summed E-state index contributed by atoms with van der Waals surface area (Å²) < 4.78 is 244. The molecule has 22 heteroatoms. The quantitative estimate of drug-likeness (QED) is 0.165. The molecule has 0 bridgehead atoms. The molecular weight excluding hydrogens is 530 g/mol. The van der Waals surface area contributed by atoms with E-state index < -0.39 is 57.1 Å². The van der Waals surface area contributed by atoms with Gasteiger partial charge in [0.05, 0.1) is 0 Å². The number of hydrogen-bond acceptors (Lipinski definition) is 3. The molecule has 30 heavy (non-hydrogen) atoms. The molecule has 0 aliphatic carbocycles. The fourth-order valence-corrected chi connectivity index (χ4v) is 1.75. The summed E-state index contributed by atoms with van der Waals surface area (Å²) >= 11 is 0. The first-order valence-electron chi connectivity index (χ1n) is 5.67. The van der Waals surface area contributed by atoms with Gasteiger partial charge in [-0.3, -0.25) is 0 Å². The van der Waals surface area contributed by atoms with Gasteiger partial charge in [0.1, 0.15) is 0 Å². The summed E-state index contributed by atoms with van der Waals surface area (Å²) in [5.74, 6) is -52.1. The van der Waals surface area contributed by atoms with Crippen LogP contribution in [0.1, 0.15) is 0 Å². The predicted octanol–water partition coefficient (Wildman–Crippen LogP) is 1.50. The van der Waals surface area contributed by atoms with E-state index in [4.69, 9.17) is 0 Å². The molecule has 0 N–H and O–H groups in total. The molecule has 0 aromatic carbocycles. The van der Waals surface area contributed by atoms with E-state index >= 15 is 0 Å². The molecule has 0 aromatic rings. The van der Waals surface area contributed by atoms with Gasteiger partial charge in [-0.2, -0.15) is 74.6 Å². The van der Waals surface area contributed by atoms with Gasteiger partial charge in [-0.25, -0.2) is 8.42 Å². The standard InChI is InChI=1S/C8HF17O3S.Na/c9-1(10,3(13,14)5(17,18)7(21,22)23)2(11,12)4(15,16)6(19,20)8(24,25)29(26,27)28;/h(H,26,27,28);/q;+1/p-1/i2+1,4+1,6+1,8+1,26+2,27+2;. The molecule has 0 saturated heterocycles. The maximum Gasteiger partial charge on any atom is 1.00 e. The third kappa shape index (κ3) is 3.85. The Kier molecular flexibility index (Phi) is 8.13. The SMILES string of the molecule is [Na+].[O-]S(=[18O])(=[18O])[13C](F)(F)[13C](F)(F)[13C](F)(F)[13C](F)(F)C(F)(F)C(F)(F)C(F)(F)C(F)(F)F. The molecule has 0 radical (unpaired) electrons. The van der Waals surface area contributed by atoms with Gasteiger partial charge in [0.25, 0.3) is 0 Å². The first-order chi connectivity index (χ1) is 12.0. The smallest absolute Gasteiger partial charge is 0.743 e. The number of rotatable bonds is 7. The van der Waals surface area contributed by atoms with Crippen molar-refractivity contribution in [3.8, 4) is 0 Å². The van der Waals surface area contributed by atoms with Gasteiger partial charge < -0.3 is 4.55 Å². The van der Waals surface area contributed by atoms with Crippen molar-refractivity contribution < 1.29 is 117 Å². The summed E-state index contributed by atoms with van der Waals surface area (Å²) in [6.07, 6.45) is -7.89. The second-order valence-electron chi connectivity index (χ2n) is 4.92. The normalized spacial score (nSPS) is 16.3. The van der Waals surface area contributed by atoms with Gasteiger partial charge in [0.15, 0.2) is 10.1 Å². The second kappa shape index (κ2) is 7.65. The largest absolute Gasteiger partial charge is 1.00 e. The number of hydrogen-bond donors (Lipinski definition) is 0. The molecule has 0 unspecified atom stereocenters. The van der Waals surface area contributed by atoms with Crippen molar-refractivity contribution in [1.82, 2.24) is 0 Å². The zero-order chi connectivity index (χ0) is 24.5. The van der Waals surface area contributed by atoms with Gasteiger partial charge in [-0.15, -0.1) is 0 Å². The van der Waals surface area contributed by atoms with Crippen molar-refractivity contribution in [2.24, 2.45) is 0 Å². The molecular formula is C8F17NaO3S. The minimum Gasteiger partial charge on any atom is -0.743 e. The zero-order valence-corrected chi connectivity index (χ0v) is 15.9. The summed E-state index contributed by atoms with van der Waals surface area (Å²) in [7, 11) is -8.14. The Morgan fingerprint density at radius 3 is 0.833 bits per heavy atom. The van der Waals surface area contributed by atoms with Gasteiger partial charge in [-0.05, 0) is 0 Å². The molecule has 0 aromatic heterocycles. The Bertz CT molecular complexity index is 739. The van der Waals surface area contributed by atoms with Crippen molar-refractivity contribution in [2.75, 3.05) is 0 Å². The maximum atomic E-state index is 13.0. The van der Waals surface area contributed by atoms with Crippen LogP contribution in [0.15, 0.2) is 0 Å². The van der Waals surface area contributed by atoms with Crippen LogP contribution in [0.2, 0.25) is 0 Å². The fourth-order valence-electron chi connectivity index (χ4n) is 1.31. The summed E-state index contributed by atoms with van der Waals surface area (Å²) in [6, 6.07) is 0. The minimum absolute atomic E-state index is 0. The van der Waals surface area contributed by atoms with Gasteiger partial charge in [-0.1, -0.05) is 0 Å². The van der Waals surface area contributed by atoms with Crippen molar-refractivity contribution in [2.45, 2.75) is 47.0 Å². The Hall–Kier alpha value is -0.280. The number of halogens is 17. The van der Waals surface area contributed by atoms with Crippen molar-refractivity contribution in [3.63, 3.8) is 0 Å². The molecule has 176 valence electrons. The first kappa shape index (κ1) is 31.9. The van der Waals surface area contributed by atoms with Crippen LogP contribution in [0.3, 0.4) is 0 Å². The van der Waals surface area contributed by atoms with Crippen molar-refractivity contribution >= 4 is 10.1 Å². The van der Waals surface area contributed by atoms with Crippen molar-refractivity contribution in [1.29, 1.82) is 0 Å². The Morgan fingerprint density at radius 2 is 0.633 bits per heavy atom. The van der Waals surface area contributed by atoms with Crippen LogP contribution in [-0.4, -0.2) is 59.9 Å². The monoisotopic (exact) mass is 530 g/mol. The van der Waals surface area contributed by atoms with Gasteiger partial charge >= 0.3 is 76.5 Å². The molecule has 0 rings (SSSR count). The Labute approximate surface area is 174 Å². The molecule has 0 atom stereocenters. The maximum absolute atomic E-state index is 13.0. The van der Waals surface area contributed by atoms with Crippen LogP contribution >= 0.6 is 0 Å². The summed E-state index contributed by atoms with van der Waals surface area (Å²) in [6.45, 7) is 0. The average Bonchev–Trinajstić information content (AvgIpc) is 2.43. The van der Waals surface area contributed by atoms with Crippen LogP contribution < -0.4 is 29.6 Å². The number of alkyl halides is 17. The predicted molar refractivity (Wildman–Crippen MR) is 50.4 cm³/mol. The van der Waals surface area contributed by atoms with E-state index in [1.807, 2.05) is 0 Å². The van der Waals surface area contributed by atoms with E-state index in [2.05, 4.69) is 0 Å². The molecule has 0 aliphatic heterocycles. The minimum atomic E-state index is -8.92. The molecule has 0 amide bonds. The Balaban J connectivity index is 0. The topological polar surface area (TPSA) is 57.2 Å². The van der Waals surface area contributed by atoms with Crippen LogP contribution in [0.5, 0.6) is 0 Å². The average molecular weight is 530 g/mol. The molecule has 0 spiro atoms. The summed E-state index contributed by atoms with van der Waals surface area (Å²) in [5.41, 5.74) is 0. The third-order valence-electron chi connectivity index (χ3n) is 3.01. The van der Waals surface area contributed by atoms with Crippen LogP contribution in [-0.2, 0) is 10.1 Å². The van der Waals surface area contributed by atoms with Crippen LogP contribution in [0, 0.1) is 0 Å². The summed E-state index contributed by atoms with van der Waals surface area (Å²) in [5, 5.41) is -7.95. The second-order valence-corrected chi connectivity index (χ2v) is 6.34. The van der Waals surface area contributed by atoms with E-state index in [1.165, 1.54) is 0 Å². The zero-order valence-electron chi connectivity index (χ0n) is 13.1. The molecule has 0 heterocycles. The first-order valence-corrected chi connectivity index (χ1v) is 7.08. The van der Waals surface area contributed by atoms with E-state index in [1.54, 1.807) is 0 Å². The van der Waals surface area contributed by atoms with Gasteiger partial charge in [0.2, 0.25) is 0 Å².